The Morgan fingerprint density at radius 2 is 1.84 bits per heavy atom. The number of hydrogen-bond donors (Lipinski definition) is 1. The Bertz CT molecular complexity index is 751. The van der Waals surface area contributed by atoms with Gasteiger partial charge in [0.05, 0.1) is 6.61 Å². The molecule has 1 unspecified atom stereocenters. The van der Waals surface area contributed by atoms with E-state index in [1.807, 2.05) is 6.07 Å². The van der Waals surface area contributed by atoms with E-state index >= 15 is 0 Å². The Balaban J connectivity index is 1.46. The van der Waals surface area contributed by atoms with Crippen LogP contribution < -0.4 is 10.2 Å². The molecule has 0 radical (unpaired) electrons. The first kappa shape index (κ1) is 15.4. The maximum Gasteiger partial charge on any atom is 0.169 e. The fourth-order valence-corrected chi connectivity index (χ4v) is 4.71. The van der Waals surface area contributed by atoms with E-state index in [1.54, 1.807) is 0 Å². The third kappa shape index (κ3) is 2.74. The van der Waals surface area contributed by atoms with E-state index in [9.17, 15) is 0 Å². The largest absolute Gasteiger partial charge is 0.337 e. The lowest BCUT2D eigenvalue weighted by Gasteiger charge is -2.41. The summed E-state index contributed by atoms with van der Waals surface area (Å²) in [6.45, 7) is 3.81. The summed E-state index contributed by atoms with van der Waals surface area (Å²) in [6, 6.07) is 16.3. The van der Waals surface area contributed by atoms with Gasteiger partial charge in [-0.1, -0.05) is 36.4 Å². The van der Waals surface area contributed by atoms with E-state index in [0.717, 1.165) is 31.8 Å². The molecule has 0 saturated carbocycles. The second-order valence-corrected chi connectivity index (χ2v) is 7.27. The molecule has 1 aliphatic carbocycles. The molecule has 2 heterocycles. The maximum atomic E-state index is 5.43. The van der Waals surface area contributed by atoms with E-state index in [0.29, 0.717) is 18.7 Å². The van der Waals surface area contributed by atoms with Crippen molar-refractivity contribution < 1.29 is 9.78 Å². The molecule has 2 aliphatic heterocycles. The number of rotatable bonds is 2. The number of nitrogens with zero attached hydrogens (tertiary/aromatic N) is 1. The molecule has 2 aromatic rings. The van der Waals surface area contributed by atoms with Crippen LogP contribution in [0.15, 0.2) is 42.5 Å². The van der Waals surface area contributed by atoms with Gasteiger partial charge in [0.1, 0.15) is 0 Å². The summed E-state index contributed by atoms with van der Waals surface area (Å²) in [7, 11) is 0. The summed E-state index contributed by atoms with van der Waals surface area (Å²) >= 11 is 0. The molecule has 1 atom stereocenters. The lowest BCUT2D eigenvalue weighted by molar-refractivity contribution is -0.215. The molecule has 25 heavy (non-hydrogen) atoms. The molecule has 2 aromatic carbocycles. The smallest absolute Gasteiger partial charge is 0.169 e. The summed E-state index contributed by atoms with van der Waals surface area (Å²) < 4.78 is 0. The zero-order valence-corrected chi connectivity index (χ0v) is 14.4. The SMILES string of the molecule is c1ccc2c(c1)CC(N1CCNCC1c1cccc3c1CCOO3)C2. The number of fused-ring (bicyclic) bond motifs is 2. The molecular weight excluding hydrogens is 312 g/mol. The molecule has 130 valence electrons. The molecule has 0 spiro atoms. The second kappa shape index (κ2) is 6.45. The molecular formula is C21H24N2O2. The molecule has 1 saturated heterocycles. The number of piperazine rings is 1. The highest BCUT2D eigenvalue weighted by atomic mass is 17.2. The van der Waals surface area contributed by atoms with Gasteiger partial charge in [0.15, 0.2) is 5.75 Å². The highest BCUT2D eigenvalue weighted by Crippen LogP contribution is 2.36. The minimum Gasteiger partial charge on any atom is -0.337 e. The predicted octanol–water partition coefficient (Wildman–Crippen LogP) is 2.67. The van der Waals surface area contributed by atoms with Crippen LogP contribution in [0.2, 0.25) is 0 Å². The summed E-state index contributed by atoms with van der Waals surface area (Å²) in [5, 5.41) is 3.60. The van der Waals surface area contributed by atoms with Crippen molar-refractivity contribution in [1.82, 2.24) is 10.2 Å². The van der Waals surface area contributed by atoms with E-state index < -0.39 is 0 Å². The Kier molecular flexibility index (Phi) is 3.97. The Morgan fingerprint density at radius 3 is 2.68 bits per heavy atom. The van der Waals surface area contributed by atoms with Crippen LogP contribution in [0, 0.1) is 0 Å². The number of benzene rings is 2. The zero-order valence-electron chi connectivity index (χ0n) is 14.4. The molecule has 5 rings (SSSR count). The number of nitrogens with one attached hydrogen (secondary N) is 1. The average Bonchev–Trinajstić information content (AvgIpc) is 3.12. The van der Waals surface area contributed by atoms with Gasteiger partial charge in [-0.15, -0.1) is 0 Å². The fourth-order valence-electron chi connectivity index (χ4n) is 4.71. The van der Waals surface area contributed by atoms with Gasteiger partial charge >= 0.3 is 0 Å². The quantitative estimate of drug-likeness (QED) is 0.855. The van der Waals surface area contributed by atoms with Crippen molar-refractivity contribution >= 4 is 0 Å². The second-order valence-electron chi connectivity index (χ2n) is 7.27. The van der Waals surface area contributed by atoms with Gasteiger partial charge in [-0.2, -0.15) is 4.89 Å². The first-order valence-electron chi connectivity index (χ1n) is 9.34. The van der Waals surface area contributed by atoms with Gasteiger partial charge in [0.25, 0.3) is 0 Å². The third-order valence-electron chi connectivity index (χ3n) is 5.90. The molecule has 0 aromatic heterocycles. The molecule has 1 N–H and O–H groups in total. The monoisotopic (exact) mass is 336 g/mol. The highest BCUT2D eigenvalue weighted by molar-refractivity contribution is 5.43. The van der Waals surface area contributed by atoms with Crippen LogP contribution in [0.25, 0.3) is 0 Å². The van der Waals surface area contributed by atoms with E-state index in [1.165, 1.54) is 35.1 Å². The van der Waals surface area contributed by atoms with Crippen molar-refractivity contribution in [2.24, 2.45) is 0 Å². The van der Waals surface area contributed by atoms with Gasteiger partial charge in [0, 0.05) is 43.7 Å². The van der Waals surface area contributed by atoms with Crippen molar-refractivity contribution in [3.63, 3.8) is 0 Å². The van der Waals surface area contributed by atoms with Crippen molar-refractivity contribution in [3.8, 4) is 5.75 Å². The van der Waals surface area contributed by atoms with Gasteiger partial charge in [0.2, 0.25) is 0 Å². The van der Waals surface area contributed by atoms with Crippen LogP contribution in [0.1, 0.15) is 28.3 Å². The summed E-state index contributed by atoms with van der Waals surface area (Å²) in [6.07, 6.45) is 3.27. The topological polar surface area (TPSA) is 33.7 Å². The minimum atomic E-state index is 0.407. The first-order valence-corrected chi connectivity index (χ1v) is 9.34. The first-order chi connectivity index (χ1) is 12.4. The van der Waals surface area contributed by atoms with Crippen LogP contribution in [0.3, 0.4) is 0 Å². The predicted molar refractivity (Wildman–Crippen MR) is 96.7 cm³/mol. The fraction of sp³-hybridized carbons (Fsp3) is 0.429. The lowest BCUT2D eigenvalue weighted by atomic mass is 9.93. The summed E-state index contributed by atoms with van der Waals surface area (Å²) in [5.74, 6) is 0.893. The van der Waals surface area contributed by atoms with Crippen LogP contribution in [0.5, 0.6) is 5.75 Å². The molecule has 0 bridgehead atoms. The normalized spacial score (nSPS) is 23.8. The zero-order chi connectivity index (χ0) is 16.6. The van der Waals surface area contributed by atoms with E-state index in [-0.39, 0.29) is 0 Å². The van der Waals surface area contributed by atoms with Crippen LogP contribution in [-0.2, 0) is 24.2 Å². The Hall–Kier alpha value is -1.88. The third-order valence-corrected chi connectivity index (χ3v) is 5.90. The molecule has 1 fully saturated rings. The summed E-state index contributed by atoms with van der Waals surface area (Å²) in [4.78, 5) is 13.3. The van der Waals surface area contributed by atoms with E-state index in [4.69, 9.17) is 9.78 Å². The van der Waals surface area contributed by atoms with Gasteiger partial charge in [-0.3, -0.25) is 4.90 Å². The lowest BCUT2D eigenvalue weighted by Crippen LogP contribution is -2.51. The average molecular weight is 336 g/mol. The highest BCUT2D eigenvalue weighted by Gasteiger charge is 2.35. The van der Waals surface area contributed by atoms with Gasteiger partial charge in [-0.25, -0.2) is 0 Å². The standard InChI is InChI=1S/C21H24N2O2/c1-2-5-16-13-17(12-15(16)4-1)23-10-9-22-14-20(23)18-6-3-7-21-19(18)8-11-24-25-21/h1-7,17,20,22H,8-14H2. The van der Waals surface area contributed by atoms with Crippen molar-refractivity contribution in [3.05, 3.63) is 64.7 Å². The van der Waals surface area contributed by atoms with Crippen LogP contribution in [0.4, 0.5) is 0 Å². The number of hydrogen-bond acceptors (Lipinski definition) is 4. The van der Waals surface area contributed by atoms with E-state index in [2.05, 4.69) is 46.6 Å². The Labute approximate surface area is 148 Å². The van der Waals surface area contributed by atoms with Crippen molar-refractivity contribution in [2.45, 2.75) is 31.3 Å². The summed E-state index contributed by atoms with van der Waals surface area (Å²) in [5.41, 5.74) is 5.78. The van der Waals surface area contributed by atoms with Gasteiger partial charge in [-0.05, 0) is 35.6 Å². The Morgan fingerprint density at radius 1 is 1.00 bits per heavy atom. The van der Waals surface area contributed by atoms with Crippen molar-refractivity contribution in [1.29, 1.82) is 0 Å². The van der Waals surface area contributed by atoms with Crippen LogP contribution >= 0.6 is 0 Å². The maximum absolute atomic E-state index is 5.43. The van der Waals surface area contributed by atoms with Crippen LogP contribution in [-0.4, -0.2) is 37.2 Å². The molecule has 0 amide bonds. The van der Waals surface area contributed by atoms with Crippen molar-refractivity contribution in [2.75, 3.05) is 26.2 Å². The molecule has 3 aliphatic rings. The minimum absolute atomic E-state index is 0.407. The molecule has 4 nitrogen and oxygen atoms in total. The molecule has 4 heteroatoms. The van der Waals surface area contributed by atoms with Gasteiger partial charge < -0.3 is 10.2 Å².